The Hall–Kier alpha value is -1.61. The predicted octanol–water partition coefficient (Wildman–Crippen LogP) is 3.49. The molecule has 1 saturated heterocycles. The molecule has 1 aliphatic rings. The summed E-state index contributed by atoms with van der Waals surface area (Å²) in [5.41, 5.74) is 1.71. The molecular weight excluding hydrogens is 236 g/mol. The van der Waals surface area contributed by atoms with Crippen molar-refractivity contribution in [2.24, 2.45) is 0 Å². The molecule has 0 radical (unpaired) electrons. The quantitative estimate of drug-likeness (QED) is 0.893. The van der Waals surface area contributed by atoms with Gasteiger partial charge in [0.2, 0.25) is 0 Å². The Bertz CT molecular complexity index is 576. The van der Waals surface area contributed by atoms with Gasteiger partial charge in [0, 0.05) is 23.2 Å². The largest absolute Gasteiger partial charge is 0.505 e. The lowest BCUT2D eigenvalue weighted by atomic mass is 10.0. The van der Waals surface area contributed by atoms with E-state index in [1.54, 1.807) is 6.20 Å². The summed E-state index contributed by atoms with van der Waals surface area (Å²) in [6.07, 6.45) is 5.58. The highest BCUT2D eigenvalue weighted by molar-refractivity contribution is 5.85. The number of hydrogen-bond acceptors (Lipinski definition) is 3. The van der Waals surface area contributed by atoms with Gasteiger partial charge in [-0.1, -0.05) is 24.6 Å². The first-order chi connectivity index (χ1) is 9.27. The minimum absolute atomic E-state index is 0.256. The zero-order chi connectivity index (χ0) is 13.2. The summed E-state index contributed by atoms with van der Waals surface area (Å²) in [6, 6.07) is 8.23. The van der Waals surface area contributed by atoms with Crippen molar-refractivity contribution in [3.63, 3.8) is 0 Å². The summed E-state index contributed by atoms with van der Waals surface area (Å²) >= 11 is 0. The molecule has 1 aromatic heterocycles. The fourth-order valence-electron chi connectivity index (χ4n) is 2.98. The molecule has 0 spiro atoms. The third-order valence-corrected chi connectivity index (χ3v) is 4.17. The number of aromatic hydroxyl groups is 1. The number of phenols is 1. The maximum absolute atomic E-state index is 10.5. The minimum Gasteiger partial charge on any atom is -0.505 e. The molecule has 2 heterocycles. The number of fused-ring (bicyclic) bond motifs is 1. The number of likely N-dealkylation sites (tertiary alicyclic amines) is 1. The second-order valence-corrected chi connectivity index (χ2v) is 5.35. The van der Waals surface area contributed by atoms with E-state index in [0.29, 0.717) is 11.3 Å². The van der Waals surface area contributed by atoms with Gasteiger partial charge >= 0.3 is 0 Å². The lowest BCUT2D eigenvalue weighted by Crippen LogP contribution is -2.32. The van der Waals surface area contributed by atoms with Crippen LogP contribution in [-0.4, -0.2) is 28.1 Å². The molecule has 0 saturated carbocycles. The highest BCUT2D eigenvalue weighted by Crippen LogP contribution is 2.34. The van der Waals surface area contributed by atoms with Crippen LogP contribution in [-0.2, 0) is 0 Å². The van der Waals surface area contributed by atoms with E-state index < -0.39 is 0 Å². The topological polar surface area (TPSA) is 36.4 Å². The number of rotatable bonds is 2. The Morgan fingerprint density at radius 1 is 1.16 bits per heavy atom. The van der Waals surface area contributed by atoms with Gasteiger partial charge in [0.05, 0.1) is 0 Å². The van der Waals surface area contributed by atoms with E-state index in [-0.39, 0.29) is 6.04 Å². The van der Waals surface area contributed by atoms with E-state index in [1.807, 2.05) is 18.2 Å². The van der Waals surface area contributed by atoms with Crippen molar-refractivity contribution in [2.45, 2.75) is 32.2 Å². The van der Waals surface area contributed by atoms with Gasteiger partial charge in [-0.05, 0) is 38.9 Å². The molecule has 1 aromatic carbocycles. The van der Waals surface area contributed by atoms with Gasteiger partial charge in [0.25, 0.3) is 0 Å². The Morgan fingerprint density at radius 2 is 1.95 bits per heavy atom. The molecule has 1 aliphatic heterocycles. The summed E-state index contributed by atoms with van der Waals surface area (Å²) in [7, 11) is 0. The summed E-state index contributed by atoms with van der Waals surface area (Å²) in [4.78, 5) is 6.75. The average molecular weight is 256 g/mol. The lowest BCUT2D eigenvalue weighted by molar-refractivity contribution is 0.172. The van der Waals surface area contributed by atoms with E-state index in [9.17, 15) is 5.11 Å². The normalized spacial score (nSPS) is 18.6. The Labute approximate surface area is 113 Å². The maximum atomic E-state index is 10.5. The number of piperidine rings is 1. The zero-order valence-corrected chi connectivity index (χ0v) is 11.3. The van der Waals surface area contributed by atoms with Gasteiger partial charge in [-0.15, -0.1) is 0 Å². The van der Waals surface area contributed by atoms with Gasteiger partial charge in [0.1, 0.15) is 11.3 Å². The molecule has 3 nitrogen and oxygen atoms in total. The number of benzene rings is 1. The van der Waals surface area contributed by atoms with E-state index in [1.165, 1.54) is 19.3 Å². The van der Waals surface area contributed by atoms with Crippen LogP contribution < -0.4 is 0 Å². The third-order valence-electron chi connectivity index (χ3n) is 4.17. The highest BCUT2D eigenvalue weighted by atomic mass is 16.3. The van der Waals surface area contributed by atoms with Crippen LogP contribution in [0.15, 0.2) is 30.5 Å². The molecule has 1 fully saturated rings. The Morgan fingerprint density at radius 3 is 2.74 bits per heavy atom. The maximum Gasteiger partial charge on any atom is 0.146 e. The van der Waals surface area contributed by atoms with Crippen LogP contribution in [0.1, 0.15) is 37.8 Å². The predicted molar refractivity (Wildman–Crippen MR) is 77.2 cm³/mol. The molecule has 100 valence electrons. The van der Waals surface area contributed by atoms with Crippen LogP contribution in [0, 0.1) is 0 Å². The van der Waals surface area contributed by atoms with Crippen molar-refractivity contribution in [3.8, 4) is 5.75 Å². The molecule has 0 aliphatic carbocycles. The first-order valence-corrected chi connectivity index (χ1v) is 7.08. The molecule has 1 atom stereocenters. The van der Waals surface area contributed by atoms with E-state index >= 15 is 0 Å². The van der Waals surface area contributed by atoms with E-state index in [2.05, 4.69) is 22.9 Å². The van der Waals surface area contributed by atoms with Crippen molar-refractivity contribution >= 4 is 10.9 Å². The first-order valence-electron chi connectivity index (χ1n) is 7.08. The molecule has 1 unspecified atom stereocenters. The average Bonchev–Trinajstić information content (AvgIpc) is 2.48. The molecule has 1 N–H and O–H groups in total. The Kier molecular flexibility index (Phi) is 3.38. The fraction of sp³-hybridized carbons (Fsp3) is 0.438. The van der Waals surface area contributed by atoms with E-state index in [4.69, 9.17) is 0 Å². The second-order valence-electron chi connectivity index (χ2n) is 5.35. The van der Waals surface area contributed by atoms with Crippen molar-refractivity contribution in [1.29, 1.82) is 0 Å². The zero-order valence-electron chi connectivity index (χ0n) is 11.3. The van der Waals surface area contributed by atoms with Gasteiger partial charge < -0.3 is 5.11 Å². The third kappa shape index (κ3) is 2.30. The summed E-state index contributed by atoms with van der Waals surface area (Å²) in [6.45, 7) is 4.43. The highest BCUT2D eigenvalue weighted by Gasteiger charge is 2.21. The molecule has 3 rings (SSSR count). The molecule has 3 heteroatoms. The van der Waals surface area contributed by atoms with Crippen molar-refractivity contribution in [2.75, 3.05) is 13.1 Å². The van der Waals surface area contributed by atoms with Crippen LogP contribution >= 0.6 is 0 Å². The summed E-state index contributed by atoms with van der Waals surface area (Å²) in [5.74, 6) is 0.344. The van der Waals surface area contributed by atoms with Crippen LogP contribution in [0.5, 0.6) is 5.75 Å². The van der Waals surface area contributed by atoms with Crippen molar-refractivity contribution < 1.29 is 5.11 Å². The van der Waals surface area contributed by atoms with Crippen LogP contribution in [0.3, 0.4) is 0 Å². The smallest absolute Gasteiger partial charge is 0.146 e. The summed E-state index contributed by atoms with van der Waals surface area (Å²) < 4.78 is 0. The van der Waals surface area contributed by atoms with Crippen molar-refractivity contribution in [3.05, 3.63) is 36.0 Å². The monoisotopic (exact) mass is 256 g/mol. The van der Waals surface area contributed by atoms with Crippen LogP contribution in [0.2, 0.25) is 0 Å². The molecular formula is C16H20N2O. The van der Waals surface area contributed by atoms with Crippen LogP contribution in [0.25, 0.3) is 10.9 Å². The number of nitrogens with zero attached hydrogens (tertiary/aromatic N) is 2. The van der Waals surface area contributed by atoms with Crippen molar-refractivity contribution in [1.82, 2.24) is 9.88 Å². The number of phenolic OH excluding ortho intramolecular Hbond substituents is 1. The van der Waals surface area contributed by atoms with Crippen LogP contribution in [0.4, 0.5) is 0 Å². The standard InChI is InChI=1S/C16H20N2O/c1-12(18-10-3-2-4-11-18)14-8-7-13-6-5-9-17-15(13)16(14)19/h5-9,12,19H,2-4,10-11H2,1H3. The Balaban J connectivity index is 1.97. The van der Waals surface area contributed by atoms with E-state index in [0.717, 1.165) is 24.0 Å². The van der Waals surface area contributed by atoms with Gasteiger partial charge in [-0.2, -0.15) is 0 Å². The van der Waals surface area contributed by atoms with Gasteiger partial charge in [0.15, 0.2) is 0 Å². The fourth-order valence-corrected chi connectivity index (χ4v) is 2.98. The first kappa shape index (κ1) is 12.4. The molecule has 2 aromatic rings. The molecule has 19 heavy (non-hydrogen) atoms. The van der Waals surface area contributed by atoms with Gasteiger partial charge in [-0.3, -0.25) is 9.88 Å². The lowest BCUT2D eigenvalue weighted by Gasteiger charge is -2.32. The SMILES string of the molecule is CC(c1ccc2cccnc2c1O)N1CCCCC1. The number of pyridine rings is 1. The minimum atomic E-state index is 0.256. The number of hydrogen-bond donors (Lipinski definition) is 1. The number of aromatic nitrogens is 1. The molecule has 0 bridgehead atoms. The molecule has 0 amide bonds. The van der Waals surface area contributed by atoms with Gasteiger partial charge in [-0.25, -0.2) is 0 Å². The second kappa shape index (κ2) is 5.17. The summed E-state index contributed by atoms with van der Waals surface area (Å²) in [5, 5.41) is 11.5.